The molecule has 0 spiro atoms. The fraction of sp³-hybridized carbons (Fsp3) is 0. The van der Waals surface area contributed by atoms with E-state index in [1.165, 1.54) is 0 Å². The van der Waals surface area contributed by atoms with E-state index in [9.17, 15) is 26.3 Å². The number of halogens is 6. The molecule has 0 bridgehead atoms. The minimum absolute atomic E-state index is 0.0964. The molecule has 2 nitrogen and oxygen atoms in total. The Bertz CT molecular complexity index is 878. The van der Waals surface area contributed by atoms with Crippen LogP contribution in [0, 0.1) is 34.9 Å². The maximum atomic E-state index is 13.6. The topological polar surface area (TPSA) is 18.5 Å². The summed E-state index contributed by atoms with van der Waals surface area (Å²) >= 11 is 0. The molecule has 3 aromatic rings. The summed E-state index contributed by atoms with van der Waals surface area (Å²) in [6.45, 7) is 0. The molecule has 0 radical (unpaired) electrons. The largest absolute Gasteiger partial charge is 0.451 e. The van der Waals surface area contributed by atoms with Gasteiger partial charge in [-0.15, -0.1) is 0 Å². The maximum Gasteiger partial charge on any atom is 0.204 e. The van der Waals surface area contributed by atoms with E-state index in [2.05, 4.69) is 0 Å². The molecule has 0 aliphatic carbocycles. The molecule has 0 aliphatic heterocycles. The summed E-state index contributed by atoms with van der Waals surface area (Å²) in [6, 6.07) is 7.25. The highest BCUT2D eigenvalue weighted by atomic mass is 19.2. The lowest BCUT2D eigenvalue weighted by Gasteiger charge is -2.10. The molecule has 0 saturated carbocycles. The van der Waals surface area contributed by atoms with E-state index < -0.39 is 46.4 Å². The highest BCUT2D eigenvalue weighted by molar-refractivity contribution is 5.39. The first-order valence-electron chi connectivity index (χ1n) is 7.09. The smallest absolute Gasteiger partial charge is 0.204 e. The Balaban J connectivity index is 1.82. The minimum atomic E-state index is -1.51. The molecule has 0 heterocycles. The minimum Gasteiger partial charge on any atom is -0.451 e. The van der Waals surface area contributed by atoms with Gasteiger partial charge >= 0.3 is 0 Å². The van der Waals surface area contributed by atoms with Crippen LogP contribution in [0.4, 0.5) is 26.3 Å². The summed E-state index contributed by atoms with van der Waals surface area (Å²) in [5, 5.41) is 0. The Morgan fingerprint density at radius 1 is 0.423 bits per heavy atom. The Morgan fingerprint density at radius 2 is 0.731 bits per heavy atom. The van der Waals surface area contributed by atoms with Gasteiger partial charge in [0, 0.05) is 0 Å². The number of rotatable bonds is 4. The standard InChI is InChI=1S/C18H8F6O2/c19-11-5-7-13(21)17(15(11)23)25-9-1-2-10(4-3-9)26-18-14(22)8-6-12(20)16(18)24/h1-8H. The van der Waals surface area contributed by atoms with Crippen molar-refractivity contribution in [1.82, 2.24) is 0 Å². The molecule has 0 saturated heterocycles. The van der Waals surface area contributed by atoms with Crippen LogP contribution in [-0.2, 0) is 0 Å². The number of hydrogen-bond donors (Lipinski definition) is 0. The van der Waals surface area contributed by atoms with Crippen LogP contribution in [0.5, 0.6) is 23.0 Å². The number of hydrogen-bond acceptors (Lipinski definition) is 2. The third-order valence-electron chi connectivity index (χ3n) is 3.27. The van der Waals surface area contributed by atoms with Gasteiger partial charge in [0.15, 0.2) is 23.3 Å². The fourth-order valence-corrected chi connectivity index (χ4v) is 2.02. The van der Waals surface area contributed by atoms with Crippen LogP contribution in [0.15, 0.2) is 48.5 Å². The summed E-state index contributed by atoms with van der Waals surface area (Å²) < 4.78 is 90.3. The third-order valence-corrected chi connectivity index (χ3v) is 3.27. The van der Waals surface area contributed by atoms with Crippen molar-refractivity contribution in [3.63, 3.8) is 0 Å². The van der Waals surface area contributed by atoms with Gasteiger partial charge in [0.25, 0.3) is 0 Å². The van der Waals surface area contributed by atoms with Gasteiger partial charge < -0.3 is 9.47 Å². The maximum absolute atomic E-state index is 13.6. The first-order valence-corrected chi connectivity index (χ1v) is 7.09. The van der Waals surface area contributed by atoms with E-state index in [1.54, 1.807) is 0 Å². The van der Waals surface area contributed by atoms with Crippen molar-refractivity contribution in [3.05, 3.63) is 83.4 Å². The van der Waals surface area contributed by atoms with E-state index in [-0.39, 0.29) is 11.5 Å². The van der Waals surface area contributed by atoms with Gasteiger partial charge in [0.1, 0.15) is 11.5 Å². The Hall–Kier alpha value is -3.16. The van der Waals surface area contributed by atoms with E-state index in [0.717, 1.165) is 24.3 Å². The van der Waals surface area contributed by atoms with Crippen molar-refractivity contribution in [1.29, 1.82) is 0 Å². The lowest BCUT2D eigenvalue weighted by atomic mass is 10.3. The van der Waals surface area contributed by atoms with Crippen LogP contribution >= 0.6 is 0 Å². The van der Waals surface area contributed by atoms with Crippen LogP contribution in [0.2, 0.25) is 0 Å². The van der Waals surface area contributed by atoms with Crippen LogP contribution in [0.25, 0.3) is 0 Å². The SMILES string of the molecule is Fc1ccc(F)c(Oc2ccc(Oc3c(F)ccc(F)c3F)cc2)c1F. The zero-order valence-electron chi connectivity index (χ0n) is 12.7. The van der Waals surface area contributed by atoms with E-state index in [0.29, 0.717) is 24.3 Å². The second kappa shape index (κ2) is 6.99. The van der Waals surface area contributed by atoms with Gasteiger partial charge in [-0.05, 0) is 48.5 Å². The van der Waals surface area contributed by atoms with Crippen molar-refractivity contribution in [2.24, 2.45) is 0 Å². The van der Waals surface area contributed by atoms with E-state index >= 15 is 0 Å². The average molecular weight is 370 g/mol. The van der Waals surface area contributed by atoms with Crippen LogP contribution in [0.1, 0.15) is 0 Å². The van der Waals surface area contributed by atoms with Gasteiger partial charge in [0.2, 0.25) is 23.1 Å². The van der Waals surface area contributed by atoms with Gasteiger partial charge in [-0.25, -0.2) is 17.6 Å². The molecule has 0 N–H and O–H groups in total. The molecule has 26 heavy (non-hydrogen) atoms. The summed E-state index contributed by atoms with van der Waals surface area (Å²) in [5.41, 5.74) is 0. The highest BCUT2D eigenvalue weighted by Crippen LogP contribution is 2.32. The van der Waals surface area contributed by atoms with E-state index in [4.69, 9.17) is 9.47 Å². The first kappa shape index (κ1) is 17.7. The normalized spacial score (nSPS) is 10.7. The van der Waals surface area contributed by atoms with Crippen molar-refractivity contribution < 1.29 is 35.8 Å². The van der Waals surface area contributed by atoms with Crippen LogP contribution in [0.3, 0.4) is 0 Å². The molecular weight excluding hydrogens is 362 g/mol. The molecule has 134 valence electrons. The summed E-state index contributed by atoms with van der Waals surface area (Å²) in [4.78, 5) is 0. The summed E-state index contributed by atoms with van der Waals surface area (Å²) in [7, 11) is 0. The Labute approximate surface area is 143 Å². The van der Waals surface area contributed by atoms with Crippen molar-refractivity contribution in [2.45, 2.75) is 0 Å². The Kier molecular flexibility index (Phi) is 4.75. The molecule has 0 aliphatic rings. The zero-order valence-corrected chi connectivity index (χ0v) is 12.7. The second-order valence-electron chi connectivity index (χ2n) is 5.02. The molecular formula is C18H8F6O2. The summed E-state index contributed by atoms with van der Waals surface area (Å²) in [5.74, 6) is -9.91. The highest BCUT2D eigenvalue weighted by Gasteiger charge is 2.18. The fourth-order valence-electron chi connectivity index (χ4n) is 2.02. The lowest BCUT2D eigenvalue weighted by molar-refractivity contribution is 0.380. The van der Waals surface area contributed by atoms with Crippen LogP contribution in [-0.4, -0.2) is 0 Å². The molecule has 0 amide bonds. The molecule has 0 unspecified atom stereocenters. The predicted octanol–water partition coefficient (Wildman–Crippen LogP) is 6.11. The van der Waals surface area contributed by atoms with Gasteiger partial charge in [-0.1, -0.05) is 0 Å². The number of benzene rings is 3. The third kappa shape index (κ3) is 3.44. The predicted molar refractivity (Wildman–Crippen MR) is 79.2 cm³/mol. The monoisotopic (exact) mass is 370 g/mol. The molecule has 3 rings (SSSR count). The quantitative estimate of drug-likeness (QED) is 0.408. The molecule has 0 fully saturated rings. The lowest BCUT2D eigenvalue weighted by Crippen LogP contribution is -1.97. The summed E-state index contributed by atoms with van der Waals surface area (Å²) in [6.07, 6.45) is 0. The first-order chi connectivity index (χ1) is 12.4. The van der Waals surface area contributed by atoms with Crippen molar-refractivity contribution in [2.75, 3.05) is 0 Å². The van der Waals surface area contributed by atoms with Gasteiger partial charge in [-0.3, -0.25) is 0 Å². The molecule has 8 heteroatoms. The van der Waals surface area contributed by atoms with Gasteiger partial charge in [-0.2, -0.15) is 8.78 Å². The molecule has 0 aromatic heterocycles. The number of ether oxygens (including phenoxy) is 2. The van der Waals surface area contributed by atoms with Crippen molar-refractivity contribution in [3.8, 4) is 23.0 Å². The van der Waals surface area contributed by atoms with Crippen LogP contribution < -0.4 is 9.47 Å². The molecule has 3 aromatic carbocycles. The second-order valence-corrected chi connectivity index (χ2v) is 5.02. The van der Waals surface area contributed by atoms with E-state index in [1.807, 2.05) is 0 Å². The average Bonchev–Trinajstić information content (AvgIpc) is 2.63. The van der Waals surface area contributed by atoms with Gasteiger partial charge in [0.05, 0.1) is 0 Å². The van der Waals surface area contributed by atoms with Crippen molar-refractivity contribution >= 4 is 0 Å². The molecule has 0 atom stereocenters. The zero-order chi connectivity index (χ0) is 18.8. The Morgan fingerprint density at radius 3 is 1.08 bits per heavy atom.